The van der Waals surface area contributed by atoms with Crippen molar-refractivity contribution in [3.8, 4) is 11.5 Å². The molecule has 1 N–H and O–H groups in total. The molecule has 1 atom stereocenters. The van der Waals surface area contributed by atoms with Gasteiger partial charge in [0, 0.05) is 12.0 Å². The zero-order valence-corrected chi connectivity index (χ0v) is 17.5. The first-order chi connectivity index (χ1) is 15.1. The Labute approximate surface area is 181 Å². The van der Waals surface area contributed by atoms with Crippen LogP contribution in [0.15, 0.2) is 78.9 Å². The van der Waals surface area contributed by atoms with Crippen molar-refractivity contribution in [2.75, 3.05) is 14.2 Å². The van der Waals surface area contributed by atoms with Gasteiger partial charge in [-0.15, -0.1) is 0 Å². The molecular weight excluding hydrogens is 392 g/mol. The van der Waals surface area contributed by atoms with Crippen molar-refractivity contribution in [2.24, 2.45) is 0 Å². The fourth-order valence-electron chi connectivity index (χ4n) is 3.99. The quantitative estimate of drug-likeness (QED) is 0.594. The summed E-state index contributed by atoms with van der Waals surface area (Å²) in [6.07, 6.45) is 0.355. The van der Waals surface area contributed by atoms with Crippen LogP contribution in [0.3, 0.4) is 0 Å². The Morgan fingerprint density at radius 1 is 0.871 bits per heavy atom. The van der Waals surface area contributed by atoms with Gasteiger partial charge in [-0.05, 0) is 29.3 Å². The highest BCUT2D eigenvalue weighted by molar-refractivity contribution is 6.07. The largest absolute Gasteiger partial charge is 0.497 e. The van der Waals surface area contributed by atoms with Crippen LogP contribution >= 0.6 is 0 Å². The van der Waals surface area contributed by atoms with Gasteiger partial charge in [-0.3, -0.25) is 9.69 Å². The van der Waals surface area contributed by atoms with E-state index in [0.29, 0.717) is 23.5 Å². The zero-order valence-electron chi connectivity index (χ0n) is 17.5. The fourth-order valence-corrected chi connectivity index (χ4v) is 3.99. The molecule has 0 aliphatic carbocycles. The standard InChI is InChI=1S/C25H24N2O4/c1-30-21-13-14-22(31-2)19(15-21)17-27-23(28)25(26-24(27)29,20-11-7-4-8-12-20)16-18-9-5-3-6-10-18/h3-15H,16-17H2,1-2H3,(H,26,29)/t25-/m0/s1. The van der Waals surface area contributed by atoms with Crippen molar-refractivity contribution in [3.05, 3.63) is 95.6 Å². The number of urea groups is 1. The minimum Gasteiger partial charge on any atom is -0.497 e. The molecule has 1 fully saturated rings. The summed E-state index contributed by atoms with van der Waals surface area (Å²) in [4.78, 5) is 28.1. The highest BCUT2D eigenvalue weighted by atomic mass is 16.5. The molecule has 3 aromatic carbocycles. The number of carbonyl (C=O) groups excluding carboxylic acids is 2. The summed E-state index contributed by atoms with van der Waals surface area (Å²) in [5.74, 6) is 0.917. The summed E-state index contributed by atoms with van der Waals surface area (Å²) >= 11 is 0. The number of hydrogen-bond donors (Lipinski definition) is 1. The summed E-state index contributed by atoms with van der Waals surface area (Å²) in [6, 6.07) is 23.9. The molecule has 1 aliphatic rings. The number of rotatable bonds is 7. The van der Waals surface area contributed by atoms with E-state index in [1.54, 1.807) is 32.4 Å². The van der Waals surface area contributed by atoms with Crippen molar-refractivity contribution in [3.63, 3.8) is 0 Å². The molecule has 6 heteroatoms. The summed E-state index contributed by atoms with van der Waals surface area (Å²) < 4.78 is 10.7. The van der Waals surface area contributed by atoms with E-state index >= 15 is 0 Å². The number of nitrogens with one attached hydrogen (secondary N) is 1. The van der Waals surface area contributed by atoms with Crippen LogP contribution in [0.25, 0.3) is 0 Å². The van der Waals surface area contributed by atoms with E-state index in [0.717, 1.165) is 11.1 Å². The topological polar surface area (TPSA) is 67.9 Å². The predicted molar refractivity (Wildman–Crippen MR) is 117 cm³/mol. The van der Waals surface area contributed by atoms with Crippen LogP contribution in [0, 0.1) is 0 Å². The van der Waals surface area contributed by atoms with Gasteiger partial charge < -0.3 is 14.8 Å². The van der Waals surface area contributed by atoms with Crippen LogP contribution < -0.4 is 14.8 Å². The molecule has 0 saturated carbocycles. The molecule has 0 spiro atoms. The lowest BCUT2D eigenvalue weighted by molar-refractivity contribution is -0.132. The molecule has 31 heavy (non-hydrogen) atoms. The number of methoxy groups -OCH3 is 2. The van der Waals surface area contributed by atoms with Crippen LogP contribution in [0.4, 0.5) is 4.79 Å². The molecule has 6 nitrogen and oxygen atoms in total. The lowest BCUT2D eigenvalue weighted by atomic mass is 9.83. The SMILES string of the molecule is COc1ccc(OC)c(CN2C(=O)N[C@@](Cc3ccccc3)(c3ccccc3)C2=O)c1. The van der Waals surface area contributed by atoms with Gasteiger partial charge in [0.05, 0.1) is 20.8 Å². The molecule has 158 valence electrons. The lowest BCUT2D eigenvalue weighted by Gasteiger charge is -2.27. The normalized spacial score (nSPS) is 18.1. The number of nitrogens with zero attached hydrogens (tertiary/aromatic N) is 1. The maximum Gasteiger partial charge on any atom is 0.325 e. The number of amides is 3. The first-order valence-electron chi connectivity index (χ1n) is 10.0. The summed E-state index contributed by atoms with van der Waals surface area (Å²) in [5, 5.41) is 2.98. The van der Waals surface area contributed by atoms with Crippen LogP contribution in [0.5, 0.6) is 11.5 Å². The van der Waals surface area contributed by atoms with Gasteiger partial charge in [0.2, 0.25) is 0 Å². The van der Waals surface area contributed by atoms with Gasteiger partial charge in [0.15, 0.2) is 5.54 Å². The average molecular weight is 416 g/mol. The summed E-state index contributed by atoms with van der Waals surface area (Å²) in [7, 11) is 3.13. The number of hydrogen-bond acceptors (Lipinski definition) is 4. The van der Waals surface area contributed by atoms with Gasteiger partial charge in [-0.25, -0.2) is 4.79 Å². The molecule has 3 amide bonds. The van der Waals surface area contributed by atoms with Crippen LogP contribution in [-0.4, -0.2) is 31.1 Å². The van der Waals surface area contributed by atoms with Crippen molar-refractivity contribution in [1.29, 1.82) is 0 Å². The van der Waals surface area contributed by atoms with Crippen molar-refractivity contribution >= 4 is 11.9 Å². The molecule has 4 rings (SSSR count). The summed E-state index contributed by atoms with van der Waals surface area (Å²) in [5.41, 5.74) is 1.22. The zero-order chi connectivity index (χ0) is 21.8. The third-order valence-corrected chi connectivity index (χ3v) is 5.57. The van der Waals surface area contributed by atoms with Crippen molar-refractivity contribution < 1.29 is 19.1 Å². The maximum atomic E-state index is 13.8. The molecule has 1 heterocycles. The first kappa shape index (κ1) is 20.5. The Kier molecular flexibility index (Phi) is 5.62. The first-order valence-corrected chi connectivity index (χ1v) is 10.0. The van der Waals surface area contributed by atoms with Crippen molar-refractivity contribution in [1.82, 2.24) is 10.2 Å². The third-order valence-electron chi connectivity index (χ3n) is 5.57. The molecule has 3 aromatic rings. The second kappa shape index (κ2) is 8.52. The number of ether oxygens (including phenoxy) is 2. The minimum atomic E-state index is -1.17. The second-order valence-electron chi connectivity index (χ2n) is 7.43. The van der Waals surface area contributed by atoms with Gasteiger partial charge in [-0.1, -0.05) is 60.7 Å². The van der Waals surface area contributed by atoms with Crippen LogP contribution in [0.2, 0.25) is 0 Å². The molecule has 0 unspecified atom stereocenters. The Morgan fingerprint density at radius 2 is 1.55 bits per heavy atom. The highest BCUT2D eigenvalue weighted by Gasteiger charge is 2.52. The maximum absolute atomic E-state index is 13.8. The molecule has 0 bridgehead atoms. The predicted octanol–water partition coefficient (Wildman–Crippen LogP) is 3.89. The van der Waals surface area contributed by atoms with Gasteiger partial charge in [0.25, 0.3) is 5.91 Å². The lowest BCUT2D eigenvalue weighted by Crippen LogP contribution is -2.46. The smallest absolute Gasteiger partial charge is 0.325 e. The summed E-state index contributed by atoms with van der Waals surface area (Å²) in [6.45, 7) is 0.0778. The molecule has 1 aliphatic heterocycles. The highest BCUT2D eigenvalue weighted by Crippen LogP contribution is 2.35. The Morgan fingerprint density at radius 3 is 2.19 bits per heavy atom. The Balaban J connectivity index is 1.73. The van der Waals surface area contributed by atoms with Crippen LogP contribution in [0.1, 0.15) is 16.7 Å². The monoisotopic (exact) mass is 416 g/mol. The van der Waals surface area contributed by atoms with Gasteiger partial charge >= 0.3 is 6.03 Å². The van der Waals surface area contributed by atoms with E-state index in [2.05, 4.69) is 5.32 Å². The number of imide groups is 1. The van der Waals surface area contributed by atoms with Crippen molar-refractivity contribution in [2.45, 2.75) is 18.5 Å². The average Bonchev–Trinajstić information content (AvgIpc) is 3.05. The second-order valence-corrected chi connectivity index (χ2v) is 7.43. The van der Waals surface area contributed by atoms with E-state index in [1.165, 1.54) is 4.90 Å². The Bertz CT molecular complexity index is 1090. The minimum absolute atomic E-state index is 0.0778. The molecule has 0 aromatic heterocycles. The van der Waals surface area contributed by atoms with Crippen LogP contribution in [-0.2, 0) is 23.3 Å². The van der Waals surface area contributed by atoms with E-state index < -0.39 is 11.6 Å². The van der Waals surface area contributed by atoms with E-state index in [9.17, 15) is 9.59 Å². The molecular formula is C25H24N2O4. The number of benzene rings is 3. The molecule has 1 saturated heterocycles. The number of carbonyl (C=O) groups is 2. The van der Waals surface area contributed by atoms with Gasteiger partial charge in [-0.2, -0.15) is 0 Å². The van der Waals surface area contributed by atoms with E-state index in [-0.39, 0.29) is 12.5 Å². The van der Waals surface area contributed by atoms with Gasteiger partial charge in [0.1, 0.15) is 11.5 Å². The third kappa shape index (κ3) is 3.84. The van der Waals surface area contributed by atoms with E-state index in [4.69, 9.17) is 9.47 Å². The Hall–Kier alpha value is -3.80. The molecule has 0 radical (unpaired) electrons. The van der Waals surface area contributed by atoms with E-state index in [1.807, 2.05) is 60.7 Å². The fraction of sp³-hybridized carbons (Fsp3) is 0.200.